The molecule has 0 bridgehead atoms. The number of nitrogens with zero attached hydrogens (tertiary/aromatic N) is 1. The molecule has 0 aliphatic carbocycles. The van der Waals surface area contributed by atoms with E-state index in [0.29, 0.717) is 24.3 Å². The Labute approximate surface area is 99.6 Å². The molecule has 1 rings (SSSR count). The lowest BCUT2D eigenvalue weighted by atomic mass is 10.1. The van der Waals surface area contributed by atoms with Crippen LogP contribution in [0.3, 0.4) is 0 Å². The number of hydrogen-bond donors (Lipinski definition) is 1. The smallest absolute Gasteiger partial charge is 0.224 e. The number of amides is 1. The van der Waals surface area contributed by atoms with Crippen LogP contribution in [0, 0.1) is 5.92 Å². The maximum absolute atomic E-state index is 12.1. The summed E-state index contributed by atoms with van der Waals surface area (Å²) in [5.74, 6) is 0.933. The Morgan fingerprint density at radius 3 is 2.75 bits per heavy atom. The molecule has 0 aromatic carbocycles. The molecule has 2 atom stereocenters. The molecule has 0 spiro atoms. The zero-order valence-electron chi connectivity index (χ0n) is 11.0. The topological polar surface area (TPSA) is 32.3 Å². The minimum Gasteiger partial charge on any atom is -0.343 e. The molecule has 94 valence electrons. The van der Waals surface area contributed by atoms with Gasteiger partial charge in [0.15, 0.2) is 0 Å². The van der Waals surface area contributed by atoms with Crippen LogP contribution in [0.4, 0.5) is 0 Å². The van der Waals surface area contributed by atoms with Crippen LogP contribution in [0.5, 0.6) is 0 Å². The normalized spacial score (nSPS) is 22.1. The molecule has 1 aliphatic heterocycles. The van der Waals surface area contributed by atoms with Crippen LogP contribution < -0.4 is 5.32 Å². The van der Waals surface area contributed by atoms with Crippen LogP contribution in [0.2, 0.25) is 0 Å². The highest BCUT2D eigenvalue weighted by Crippen LogP contribution is 2.12. The number of carbonyl (C=O) groups is 1. The molecule has 1 heterocycles. The molecule has 1 fully saturated rings. The predicted molar refractivity (Wildman–Crippen MR) is 67.4 cm³/mol. The van der Waals surface area contributed by atoms with Crippen LogP contribution in [0.25, 0.3) is 0 Å². The third kappa shape index (κ3) is 4.12. The van der Waals surface area contributed by atoms with E-state index in [-0.39, 0.29) is 0 Å². The van der Waals surface area contributed by atoms with E-state index >= 15 is 0 Å². The first kappa shape index (κ1) is 13.5. The maximum atomic E-state index is 12.1. The lowest BCUT2D eigenvalue weighted by Crippen LogP contribution is -2.38. The van der Waals surface area contributed by atoms with Gasteiger partial charge in [-0.2, -0.15) is 0 Å². The zero-order chi connectivity index (χ0) is 12.0. The van der Waals surface area contributed by atoms with Crippen molar-refractivity contribution in [2.75, 3.05) is 19.6 Å². The first-order chi connectivity index (χ1) is 7.67. The van der Waals surface area contributed by atoms with Gasteiger partial charge in [0, 0.05) is 25.6 Å². The third-order valence-corrected chi connectivity index (χ3v) is 3.55. The largest absolute Gasteiger partial charge is 0.343 e. The fraction of sp³-hybridized carbons (Fsp3) is 0.923. The first-order valence-electron chi connectivity index (χ1n) is 6.68. The summed E-state index contributed by atoms with van der Waals surface area (Å²) in [6, 6.07) is 0.429. The van der Waals surface area contributed by atoms with Gasteiger partial charge in [-0.15, -0.1) is 0 Å². The summed E-state index contributed by atoms with van der Waals surface area (Å²) >= 11 is 0. The number of carbonyl (C=O) groups excluding carboxylic acids is 1. The number of nitrogens with one attached hydrogen (secondary N) is 1. The molecule has 0 saturated carbocycles. The molecule has 1 aliphatic rings. The van der Waals surface area contributed by atoms with Gasteiger partial charge >= 0.3 is 0 Å². The molecule has 16 heavy (non-hydrogen) atoms. The van der Waals surface area contributed by atoms with Crippen molar-refractivity contribution in [3.05, 3.63) is 0 Å². The SMILES string of the molecule is CCC(C)CN(CC)C(=O)CC1CCCN1. The Morgan fingerprint density at radius 1 is 1.50 bits per heavy atom. The predicted octanol–water partition coefficient (Wildman–Crippen LogP) is 2.02. The van der Waals surface area contributed by atoms with Crippen molar-refractivity contribution >= 4 is 5.91 Å². The fourth-order valence-electron chi connectivity index (χ4n) is 2.18. The van der Waals surface area contributed by atoms with E-state index in [2.05, 4.69) is 26.1 Å². The fourth-order valence-corrected chi connectivity index (χ4v) is 2.18. The number of hydrogen-bond acceptors (Lipinski definition) is 2. The summed E-state index contributed by atoms with van der Waals surface area (Å²) < 4.78 is 0. The highest BCUT2D eigenvalue weighted by atomic mass is 16.2. The van der Waals surface area contributed by atoms with E-state index in [1.54, 1.807) is 0 Å². The van der Waals surface area contributed by atoms with Gasteiger partial charge in [0.25, 0.3) is 0 Å². The molecule has 3 nitrogen and oxygen atoms in total. The molecule has 3 heteroatoms. The first-order valence-corrected chi connectivity index (χ1v) is 6.68. The van der Waals surface area contributed by atoms with E-state index in [1.807, 2.05) is 4.90 Å². The van der Waals surface area contributed by atoms with Crippen LogP contribution >= 0.6 is 0 Å². The summed E-state index contributed by atoms with van der Waals surface area (Å²) in [5.41, 5.74) is 0. The minimum absolute atomic E-state index is 0.321. The molecule has 1 saturated heterocycles. The molecule has 0 aromatic heterocycles. The minimum atomic E-state index is 0.321. The van der Waals surface area contributed by atoms with Gasteiger partial charge < -0.3 is 10.2 Å². The highest BCUT2D eigenvalue weighted by Gasteiger charge is 2.21. The summed E-state index contributed by atoms with van der Waals surface area (Å²) in [6.07, 6.45) is 4.21. The van der Waals surface area contributed by atoms with Crippen molar-refractivity contribution in [1.82, 2.24) is 10.2 Å². The second-order valence-electron chi connectivity index (χ2n) is 4.94. The average molecular weight is 226 g/mol. The van der Waals surface area contributed by atoms with Gasteiger partial charge in [-0.25, -0.2) is 0 Å². The van der Waals surface area contributed by atoms with E-state index < -0.39 is 0 Å². The molecular weight excluding hydrogens is 200 g/mol. The van der Waals surface area contributed by atoms with Crippen molar-refractivity contribution in [2.45, 2.75) is 52.5 Å². The monoisotopic (exact) mass is 226 g/mol. The van der Waals surface area contributed by atoms with Gasteiger partial charge in [0.05, 0.1) is 0 Å². The summed E-state index contributed by atoms with van der Waals surface area (Å²) in [7, 11) is 0. The molecule has 1 N–H and O–H groups in total. The summed E-state index contributed by atoms with van der Waals surface area (Å²) in [6.45, 7) is 9.30. The number of rotatable bonds is 6. The van der Waals surface area contributed by atoms with Gasteiger partial charge in [0.1, 0.15) is 0 Å². The molecule has 0 radical (unpaired) electrons. The van der Waals surface area contributed by atoms with Crippen molar-refractivity contribution in [2.24, 2.45) is 5.92 Å². The summed E-state index contributed by atoms with van der Waals surface area (Å²) in [4.78, 5) is 14.1. The van der Waals surface area contributed by atoms with Gasteiger partial charge in [0.2, 0.25) is 5.91 Å². The van der Waals surface area contributed by atoms with Crippen molar-refractivity contribution < 1.29 is 4.79 Å². The van der Waals surface area contributed by atoms with E-state index in [9.17, 15) is 4.79 Å². The molecular formula is C13H26N2O. The lowest BCUT2D eigenvalue weighted by molar-refractivity contribution is -0.132. The molecule has 0 aromatic rings. The quantitative estimate of drug-likeness (QED) is 0.751. The standard InChI is InChI=1S/C13H26N2O/c1-4-11(3)10-15(5-2)13(16)9-12-7-6-8-14-12/h11-12,14H,4-10H2,1-3H3. The molecule has 2 unspecified atom stereocenters. The second kappa shape index (κ2) is 6.89. The van der Waals surface area contributed by atoms with E-state index in [4.69, 9.17) is 0 Å². The Morgan fingerprint density at radius 2 is 2.25 bits per heavy atom. The van der Waals surface area contributed by atoms with Crippen LogP contribution in [0.15, 0.2) is 0 Å². The van der Waals surface area contributed by atoms with Crippen molar-refractivity contribution in [3.8, 4) is 0 Å². The Bertz CT molecular complexity index is 212. The van der Waals surface area contributed by atoms with Crippen molar-refractivity contribution in [3.63, 3.8) is 0 Å². The third-order valence-electron chi connectivity index (χ3n) is 3.55. The maximum Gasteiger partial charge on any atom is 0.224 e. The van der Waals surface area contributed by atoms with E-state index in [0.717, 1.165) is 32.5 Å². The average Bonchev–Trinajstić information content (AvgIpc) is 2.77. The summed E-state index contributed by atoms with van der Waals surface area (Å²) in [5, 5.41) is 3.39. The highest BCUT2D eigenvalue weighted by molar-refractivity contribution is 5.76. The van der Waals surface area contributed by atoms with Gasteiger partial charge in [-0.05, 0) is 32.2 Å². The Balaban J connectivity index is 2.35. The second-order valence-corrected chi connectivity index (χ2v) is 4.94. The Hall–Kier alpha value is -0.570. The van der Waals surface area contributed by atoms with Crippen LogP contribution in [0.1, 0.15) is 46.5 Å². The van der Waals surface area contributed by atoms with Gasteiger partial charge in [-0.1, -0.05) is 20.3 Å². The van der Waals surface area contributed by atoms with Gasteiger partial charge in [-0.3, -0.25) is 4.79 Å². The van der Waals surface area contributed by atoms with Crippen molar-refractivity contribution in [1.29, 1.82) is 0 Å². The molecule has 1 amide bonds. The lowest BCUT2D eigenvalue weighted by Gasteiger charge is -2.25. The van der Waals surface area contributed by atoms with Crippen LogP contribution in [-0.4, -0.2) is 36.5 Å². The Kier molecular flexibility index (Phi) is 5.81. The van der Waals surface area contributed by atoms with Crippen LogP contribution in [-0.2, 0) is 4.79 Å². The van der Waals surface area contributed by atoms with E-state index in [1.165, 1.54) is 6.42 Å². The zero-order valence-corrected chi connectivity index (χ0v) is 11.0.